The molecule has 1 N–H and O–H groups in total. The van der Waals surface area contributed by atoms with Crippen molar-refractivity contribution >= 4 is 5.97 Å². The molecule has 0 saturated heterocycles. The number of halogens is 1. The topological polar surface area (TPSA) is 77.2 Å². The molecular formula is C11H10FN3O3. The van der Waals surface area contributed by atoms with E-state index in [0.29, 0.717) is 17.0 Å². The number of rotatable bonds is 4. The van der Waals surface area contributed by atoms with Crippen molar-refractivity contribution in [2.75, 3.05) is 7.11 Å². The van der Waals surface area contributed by atoms with E-state index >= 15 is 0 Å². The number of hydrogen-bond acceptors (Lipinski definition) is 4. The number of ether oxygens (including phenoxy) is 1. The number of methoxy groups -OCH3 is 1. The van der Waals surface area contributed by atoms with E-state index in [4.69, 9.17) is 9.84 Å². The average Bonchev–Trinajstić information content (AvgIpc) is 2.76. The number of aromatic nitrogens is 3. The lowest BCUT2D eigenvalue weighted by atomic mass is 10.1. The highest BCUT2D eigenvalue weighted by Gasteiger charge is 2.12. The molecule has 0 aliphatic carbocycles. The van der Waals surface area contributed by atoms with Crippen LogP contribution in [0.4, 0.5) is 4.39 Å². The first-order valence-corrected chi connectivity index (χ1v) is 5.06. The Balaban J connectivity index is 2.38. The summed E-state index contributed by atoms with van der Waals surface area (Å²) in [6, 6.07) is 4.00. The van der Waals surface area contributed by atoms with E-state index in [1.54, 1.807) is 0 Å². The molecule has 0 atom stereocenters. The number of benzene rings is 1. The Morgan fingerprint density at radius 3 is 3.00 bits per heavy atom. The van der Waals surface area contributed by atoms with Crippen molar-refractivity contribution in [3.8, 4) is 17.0 Å². The monoisotopic (exact) mass is 251 g/mol. The number of carboxylic acids is 1. The summed E-state index contributed by atoms with van der Waals surface area (Å²) in [5, 5.41) is 16.1. The van der Waals surface area contributed by atoms with Gasteiger partial charge in [0, 0.05) is 5.56 Å². The van der Waals surface area contributed by atoms with Crippen LogP contribution in [-0.2, 0) is 11.3 Å². The van der Waals surface area contributed by atoms with E-state index in [1.165, 1.54) is 31.5 Å². The third-order valence-corrected chi connectivity index (χ3v) is 2.27. The van der Waals surface area contributed by atoms with E-state index in [9.17, 15) is 9.18 Å². The summed E-state index contributed by atoms with van der Waals surface area (Å²) >= 11 is 0. The molecule has 0 fully saturated rings. The molecule has 0 bridgehead atoms. The second kappa shape index (κ2) is 4.82. The minimum absolute atomic E-state index is 0.301. The van der Waals surface area contributed by atoms with Gasteiger partial charge in [0.1, 0.15) is 23.8 Å². The normalized spacial score (nSPS) is 10.3. The summed E-state index contributed by atoms with van der Waals surface area (Å²) in [6.45, 7) is -0.301. The number of aliphatic carboxylic acids is 1. The Morgan fingerprint density at radius 1 is 1.56 bits per heavy atom. The fraction of sp³-hybridized carbons (Fsp3) is 0.182. The van der Waals surface area contributed by atoms with Crippen molar-refractivity contribution in [1.82, 2.24) is 15.0 Å². The van der Waals surface area contributed by atoms with Crippen LogP contribution >= 0.6 is 0 Å². The zero-order chi connectivity index (χ0) is 13.1. The van der Waals surface area contributed by atoms with Crippen molar-refractivity contribution in [2.45, 2.75) is 6.54 Å². The minimum Gasteiger partial charge on any atom is -0.496 e. The van der Waals surface area contributed by atoms with Gasteiger partial charge in [0.05, 0.1) is 13.3 Å². The maximum atomic E-state index is 13.2. The zero-order valence-electron chi connectivity index (χ0n) is 9.50. The van der Waals surface area contributed by atoms with E-state index in [-0.39, 0.29) is 6.54 Å². The first-order chi connectivity index (χ1) is 8.60. The van der Waals surface area contributed by atoms with Gasteiger partial charge in [0.15, 0.2) is 0 Å². The van der Waals surface area contributed by atoms with Crippen LogP contribution in [0.25, 0.3) is 11.3 Å². The molecule has 0 saturated carbocycles. The number of nitrogens with zero attached hydrogens (tertiary/aromatic N) is 3. The second-order valence-corrected chi connectivity index (χ2v) is 3.54. The quantitative estimate of drug-likeness (QED) is 0.882. The number of carboxylic acid groups (broad SMARTS) is 1. The summed E-state index contributed by atoms with van der Waals surface area (Å²) in [4.78, 5) is 10.5. The highest BCUT2D eigenvalue weighted by atomic mass is 19.1. The van der Waals surface area contributed by atoms with Crippen LogP contribution in [0, 0.1) is 5.82 Å². The van der Waals surface area contributed by atoms with E-state index in [0.717, 1.165) is 4.68 Å². The first-order valence-electron chi connectivity index (χ1n) is 5.06. The Hall–Kier alpha value is -2.44. The molecule has 0 spiro atoms. The van der Waals surface area contributed by atoms with Crippen molar-refractivity contribution in [3.63, 3.8) is 0 Å². The maximum Gasteiger partial charge on any atom is 0.325 e. The molecule has 1 aromatic carbocycles. The lowest BCUT2D eigenvalue weighted by Crippen LogP contribution is -2.08. The zero-order valence-corrected chi connectivity index (χ0v) is 9.50. The summed E-state index contributed by atoms with van der Waals surface area (Å²) in [5.74, 6) is -1.02. The van der Waals surface area contributed by atoms with E-state index in [1.807, 2.05) is 0 Å². The van der Waals surface area contributed by atoms with Gasteiger partial charge >= 0.3 is 5.97 Å². The smallest absolute Gasteiger partial charge is 0.325 e. The van der Waals surface area contributed by atoms with Gasteiger partial charge < -0.3 is 9.84 Å². The van der Waals surface area contributed by atoms with Crippen LogP contribution in [-0.4, -0.2) is 33.2 Å². The fourth-order valence-corrected chi connectivity index (χ4v) is 1.52. The molecule has 0 aliphatic heterocycles. The van der Waals surface area contributed by atoms with Crippen LogP contribution in [0.5, 0.6) is 5.75 Å². The predicted octanol–water partition coefficient (Wildman–Crippen LogP) is 1.18. The molecule has 2 rings (SSSR count). The first kappa shape index (κ1) is 12.0. The van der Waals surface area contributed by atoms with E-state index < -0.39 is 11.8 Å². The van der Waals surface area contributed by atoms with Crippen LogP contribution in [0.1, 0.15) is 0 Å². The highest BCUT2D eigenvalue weighted by Crippen LogP contribution is 2.28. The molecule has 6 nitrogen and oxygen atoms in total. The van der Waals surface area contributed by atoms with Crippen LogP contribution < -0.4 is 4.74 Å². The minimum atomic E-state index is -1.03. The lowest BCUT2D eigenvalue weighted by Gasteiger charge is -2.05. The summed E-state index contributed by atoms with van der Waals surface area (Å²) < 4.78 is 19.4. The van der Waals surface area contributed by atoms with Gasteiger partial charge in [0.2, 0.25) is 0 Å². The van der Waals surface area contributed by atoms with E-state index in [2.05, 4.69) is 10.3 Å². The molecule has 0 unspecified atom stereocenters. The Labute approximate surface area is 102 Å². The predicted molar refractivity (Wildman–Crippen MR) is 59.6 cm³/mol. The molecule has 94 valence electrons. The fourth-order valence-electron chi connectivity index (χ4n) is 1.52. The lowest BCUT2D eigenvalue weighted by molar-refractivity contribution is -0.137. The van der Waals surface area contributed by atoms with Gasteiger partial charge in [-0.2, -0.15) is 0 Å². The summed E-state index contributed by atoms with van der Waals surface area (Å²) in [6.07, 6.45) is 1.42. The molecular weight excluding hydrogens is 241 g/mol. The van der Waals surface area contributed by atoms with Gasteiger partial charge in [-0.05, 0) is 18.2 Å². The molecule has 0 aliphatic rings. The summed E-state index contributed by atoms with van der Waals surface area (Å²) in [5.41, 5.74) is 0.779. The second-order valence-electron chi connectivity index (χ2n) is 3.54. The molecule has 18 heavy (non-hydrogen) atoms. The van der Waals surface area contributed by atoms with Crippen molar-refractivity contribution < 1.29 is 19.0 Å². The average molecular weight is 251 g/mol. The standard InChI is InChI=1S/C11H10FN3O3/c1-18-10-3-2-7(12)4-8(10)9-5-15(14-13-9)6-11(16)17/h2-5H,6H2,1H3,(H,16,17). The third kappa shape index (κ3) is 2.45. The molecule has 1 heterocycles. The Bertz CT molecular complexity index is 583. The molecule has 1 aromatic heterocycles. The third-order valence-electron chi connectivity index (χ3n) is 2.27. The van der Waals surface area contributed by atoms with Crippen LogP contribution in [0.15, 0.2) is 24.4 Å². The van der Waals surface area contributed by atoms with Gasteiger partial charge in [-0.25, -0.2) is 9.07 Å². The molecule has 0 amide bonds. The number of hydrogen-bond donors (Lipinski definition) is 1. The van der Waals surface area contributed by atoms with Crippen LogP contribution in [0.3, 0.4) is 0 Å². The Kier molecular flexibility index (Phi) is 3.22. The van der Waals surface area contributed by atoms with Crippen LogP contribution in [0.2, 0.25) is 0 Å². The van der Waals surface area contributed by atoms with Gasteiger partial charge in [-0.3, -0.25) is 4.79 Å². The molecule has 0 radical (unpaired) electrons. The Morgan fingerprint density at radius 2 is 2.33 bits per heavy atom. The van der Waals surface area contributed by atoms with Gasteiger partial charge in [-0.1, -0.05) is 5.21 Å². The SMILES string of the molecule is COc1ccc(F)cc1-c1cn(CC(=O)O)nn1. The van der Waals surface area contributed by atoms with Gasteiger partial charge in [-0.15, -0.1) is 5.10 Å². The van der Waals surface area contributed by atoms with Crippen molar-refractivity contribution in [2.24, 2.45) is 0 Å². The van der Waals surface area contributed by atoms with Crippen molar-refractivity contribution in [1.29, 1.82) is 0 Å². The highest BCUT2D eigenvalue weighted by molar-refractivity contribution is 5.68. The number of carbonyl (C=O) groups is 1. The van der Waals surface area contributed by atoms with Gasteiger partial charge in [0.25, 0.3) is 0 Å². The van der Waals surface area contributed by atoms with Crippen molar-refractivity contribution in [3.05, 3.63) is 30.2 Å². The molecule has 2 aromatic rings. The molecule has 7 heteroatoms. The maximum absolute atomic E-state index is 13.2. The largest absolute Gasteiger partial charge is 0.496 e. The summed E-state index contributed by atoms with van der Waals surface area (Å²) in [7, 11) is 1.46.